The second kappa shape index (κ2) is 11.2. The summed E-state index contributed by atoms with van der Waals surface area (Å²) in [6.45, 7) is 2.70. The third-order valence-electron chi connectivity index (χ3n) is 6.89. The number of pyridine rings is 2. The summed E-state index contributed by atoms with van der Waals surface area (Å²) in [5.74, 6) is -1.17. The van der Waals surface area contributed by atoms with Crippen molar-refractivity contribution in [2.75, 3.05) is 4.90 Å². The Morgan fingerprint density at radius 3 is 2.03 bits per heavy atom. The normalized spacial score (nSPS) is 16.7. The summed E-state index contributed by atoms with van der Waals surface area (Å²) in [7, 11) is -3.89. The van der Waals surface area contributed by atoms with Gasteiger partial charge >= 0.3 is 0 Å². The van der Waals surface area contributed by atoms with E-state index in [0.29, 0.717) is 25.1 Å². The molecule has 0 spiro atoms. The van der Waals surface area contributed by atoms with Crippen LogP contribution in [0.25, 0.3) is 0 Å². The number of sulfonamides is 1. The number of aliphatic hydroxyl groups is 1. The van der Waals surface area contributed by atoms with Crippen molar-refractivity contribution in [2.45, 2.75) is 49.9 Å². The molecule has 5 rings (SSSR count). The lowest BCUT2D eigenvalue weighted by Gasteiger charge is -2.26. The monoisotopic (exact) mass is 550 g/mol. The number of nitrogens with one attached hydrogen (secondary N) is 1. The van der Waals surface area contributed by atoms with Gasteiger partial charge < -0.3 is 10.0 Å². The van der Waals surface area contributed by atoms with Gasteiger partial charge in [-0.3, -0.25) is 0 Å². The van der Waals surface area contributed by atoms with Gasteiger partial charge in [-0.15, -0.1) is 0 Å². The Bertz CT molecular complexity index is 1500. The molecule has 0 radical (unpaired) electrons. The standard InChI is InChI=1S/C29H28F2N4O3S/c1-2-19-3-9-24(10-4-19)39(37,38)34-29-25-14-23(8-7-22(25)13-26(29)36)35(17-20-5-11-27(30)32-15-20)18-21-6-12-28(31)33-16-21/h3-12,14-16,26,29,34,36H,2,13,17-18H2,1H3/t26-,29-/m1/s1. The number of rotatable bonds is 9. The SMILES string of the molecule is CCc1ccc(S(=O)(=O)N[C@@H]2c3cc(N(Cc4ccc(F)nc4)Cc4ccc(F)nc4)ccc3C[C@H]2O)cc1. The molecule has 0 saturated heterocycles. The van der Waals surface area contributed by atoms with Crippen LogP contribution < -0.4 is 9.62 Å². The van der Waals surface area contributed by atoms with E-state index in [0.717, 1.165) is 34.4 Å². The second-order valence-corrected chi connectivity index (χ2v) is 11.3. The molecule has 10 heteroatoms. The summed E-state index contributed by atoms with van der Waals surface area (Å²) < 4.78 is 55.9. The Hall–Kier alpha value is -3.73. The lowest BCUT2D eigenvalue weighted by atomic mass is 10.1. The van der Waals surface area contributed by atoms with Crippen molar-refractivity contribution < 1.29 is 22.3 Å². The maximum Gasteiger partial charge on any atom is 0.241 e. The molecule has 39 heavy (non-hydrogen) atoms. The lowest BCUT2D eigenvalue weighted by Crippen LogP contribution is -2.34. The number of fused-ring (bicyclic) bond motifs is 1. The van der Waals surface area contributed by atoms with Crippen molar-refractivity contribution in [3.05, 3.63) is 119 Å². The van der Waals surface area contributed by atoms with Gasteiger partial charge in [0, 0.05) is 37.6 Å². The summed E-state index contributed by atoms with van der Waals surface area (Å²) in [5.41, 5.74) is 4.78. The third kappa shape index (κ3) is 6.13. The molecule has 2 heterocycles. The van der Waals surface area contributed by atoms with Crippen LogP contribution in [0.3, 0.4) is 0 Å². The van der Waals surface area contributed by atoms with Gasteiger partial charge in [0.15, 0.2) is 0 Å². The predicted molar refractivity (Wildman–Crippen MR) is 143 cm³/mol. The van der Waals surface area contributed by atoms with Crippen LogP contribution in [0.4, 0.5) is 14.5 Å². The van der Waals surface area contributed by atoms with Crippen LogP contribution in [0.5, 0.6) is 0 Å². The van der Waals surface area contributed by atoms with Crippen LogP contribution in [-0.2, 0) is 36.0 Å². The van der Waals surface area contributed by atoms with Gasteiger partial charge in [-0.05, 0) is 70.6 Å². The summed E-state index contributed by atoms with van der Waals surface area (Å²) in [5, 5.41) is 10.8. The zero-order valence-corrected chi connectivity index (χ0v) is 22.1. The van der Waals surface area contributed by atoms with Gasteiger partial charge in [0.1, 0.15) is 0 Å². The van der Waals surface area contributed by atoms with Crippen molar-refractivity contribution in [3.63, 3.8) is 0 Å². The number of aliphatic hydroxyl groups excluding tert-OH is 1. The Balaban J connectivity index is 1.46. The van der Waals surface area contributed by atoms with Crippen LogP contribution in [0.1, 0.15) is 40.8 Å². The first kappa shape index (κ1) is 26.9. The van der Waals surface area contributed by atoms with Crippen LogP contribution in [0.2, 0.25) is 0 Å². The highest BCUT2D eigenvalue weighted by Gasteiger charge is 2.35. The van der Waals surface area contributed by atoms with E-state index in [1.165, 1.54) is 24.5 Å². The fourth-order valence-corrected chi connectivity index (χ4v) is 6.01. The molecule has 2 N–H and O–H groups in total. The molecule has 2 atom stereocenters. The molecule has 4 aromatic rings. The van der Waals surface area contributed by atoms with Crippen molar-refractivity contribution in [3.8, 4) is 0 Å². The average molecular weight is 551 g/mol. The van der Waals surface area contributed by atoms with E-state index in [9.17, 15) is 22.3 Å². The van der Waals surface area contributed by atoms with Gasteiger partial charge in [-0.25, -0.2) is 23.1 Å². The van der Waals surface area contributed by atoms with E-state index < -0.39 is 34.1 Å². The van der Waals surface area contributed by atoms with Crippen LogP contribution in [-0.4, -0.2) is 29.6 Å². The van der Waals surface area contributed by atoms with Crippen molar-refractivity contribution in [1.29, 1.82) is 0 Å². The second-order valence-electron chi connectivity index (χ2n) is 9.59. The number of aromatic nitrogens is 2. The van der Waals surface area contributed by atoms with E-state index in [4.69, 9.17) is 0 Å². The molecule has 1 aliphatic rings. The first-order valence-electron chi connectivity index (χ1n) is 12.6. The summed E-state index contributed by atoms with van der Waals surface area (Å²) >= 11 is 0. The maximum atomic E-state index is 13.4. The lowest BCUT2D eigenvalue weighted by molar-refractivity contribution is 0.151. The zero-order valence-electron chi connectivity index (χ0n) is 21.3. The average Bonchev–Trinajstić information content (AvgIpc) is 3.24. The largest absolute Gasteiger partial charge is 0.391 e. The fourth-order valence-electron chi connectivity index (χ4n) is 4.77. The van der Waals surface area contributed by atoms with Gasteiger partial charge in [-0.1, -0.05) is 37.3 Å². The van der Waals surface area contributed by atoms with Crippen molar-refractivity contribution >= 4 is 15.7 Å². The quantitative estimate of drug-likeness (QED) is 0.299. The summed E-state index contributed by atoms with van der Waals surface area (Å²) in [4.78, 5) is 9.58. The first-order valence-corrected chi connectivity index (χ1v) is 14.1. The Morgan fingerprint density at radius 2 is 1.49 bits per heavy atom. The molecule has 0 amide bonds. The molecule has 0 unspecified atom stereocenters. The van der Waals surface area contributed by atoms with E-state index in [1.54, 1.807) is 36.4 Å². The van der Waals surface area contributed by atoms with E-state index in [1.807, 2.05) is 30.0 Å². The predicted octanol–water partition coefficient (Wildman–Crippen LogP) is 4.46. The molecule has 202 valence electrons. The molecule has 0 aliphatic heterocycles. The molecular formula is C29H28F2N4O3S. The first-order chi connectivity index (χ1) is 18.7. The number of nitrogens with zero attached hydrogens (tertiary/aromatic N) is 3. The molecule has 7 nitrogen and oxygen atoms in total. The van der Waals surface area contributed by atoms with Crippen molar-refractivity contribution in [2.24, 2.45) is 0 Å². The zero-order chi connectivity index (χ0) is 27.6. The maximum absolute atomic E-state index is 13.4. The Morgan fingerprint density at radius 1 is 0.897 bits per heavy atom. The van der Waals surface area contributed by atoms with E-state index in [2.05, 4.69) is 14.7 Å². The minimum atomic E-state index is -3.89. The minimum Gasteiger partial charge on any atom is -0.391 e. The molecule has 0 fully saturated rings. The number of aryl methyl sites for hydroxylation is 1. The van der Waals surface area contributed by atoms with Crippen molar-refractivity contribution in [1.82, 2.24) is 14.7 Å². The molecule has 0 saturated carbocycles. The van der Waals surface area contributed by atoms with Gasteiger partial charge in [-0.2, -0.15) is 8.78 Å². The summed E-state index contributed by atoms with van der Waals surface area (Å²) in [6, 6.07) is 17.3. The molecule has 1 aliphatic carbocycles. The molecule has 2 aromatic carbocycles. The third-order valence-corrected chi connectivity index (χ3v) is 8.35. The highest BCUT2D eigenvalue weighted by Crippen LogP contribution is 2.36. The Labute approximate surface area is 226 Å². The summed E-state index contributed by atoms with van der Waals surface area (Å²) in [6.07, 6.45) is 3.06. The van der Waals surface area contributed by atoms with Crippen LogP contribution in [0.15, 0.2) is 84.0 Å². The highest BCUT2D eigenvalue weighted by atomic mass is 32.2. The van der Waals surface area contributed by atoms with E-state index in [-0.39, 0.29) is 4.90 Å². The van der Waals surface area contributed by atoms with Crippen LogP contribution >= 0.6 is 0 Å². The van der Waals surface area contributed by atoms with Gasteiger partial charge in [0.2, 0.25) is 21.9 Å². The van der Waals surface area contributed by atoms with Crippen LogP contribution in [0, 0.1) is 11.9 Å². The Kier molecular flexibility index (Phi) is 7.69. The molecule has 2 aromatic heterocycles. The number of benzene rings is 2. The topological polar surface area (TPSA) is 95.4 Å². The van der Waals surface area contributed by atoms with E-state index >= 15 is 0 Å². The smallest absolute Gasteiger partial charge is 0.241 e. The van der Waals surface area contributed by atoms with Gasteiger partial charge in [0.25, 0.3) is 0 Å². The number of halogens is 2. The number of hydrogen-bond acceptors (Lipinski definition) is 6. The number of hydrogen-bond donors (Lipinski definition) is 2. The molecule has 0 bridgehead atoms. The number of anilines is 1. The molecular weight excluding hydrogens is 522 g/mol. The highest BCUT2D eigenvalue weighted by molar-refractivity contribution is 7.89. The van der Waals surface area contributed by atoms with Gasteiger partial charge in [0.05, 0.1) is 17.0 Å². The fraction of sp³-hybridized carbons (Fsp3) is 0.241. The minimum absolute atomic E-state index is 0.130.